The zero-order chi connectivity index (χ0) is 10.6. The Hall–Kier alpha value is -1.97. The second kappa shape index (κ2) is 4.32. The molecule has 1 aromatic carbocycles. The van der Waals surface area contributed by atoms with E-state index in [0.717, 1.165) is 5.56 Å². The van der Waals surface area contributed by atoms with Gasteiger partial charge in [-0.3, -0.25) is 0 Å². The molecule has 0 heterocycles. The van der Waals surface area contributed by atoms with Crippen LogP contribution in [0.2, 0.25) is 0 Å². The lowest BCUT2D eigenvalue weighted by molar-refractivity contribution is -0.135. The molecule has 0 aliphatic heterocycles. The lowest BCUT2D eigenvalue weighted by atomic mass is 10.2. The molecule has 0 radical (unpaired) electrons. The van der Waals surface area contributed by atoms with Crippen molar-refractivity contribution in [3.05, 3.63) is 35.6 Å². The Morgan fingerprint density at radius 2 is 2.00 bits per heavy atom. The highest BCUT2D eigenvalue weighted by Crippen LogP contribution is 2.10. The van der Waals surface area contributed by atoms with E-state index >= 15 is 0 Å². The fourth-order valence-corrected chi connectivity index (χ4v) is 0.952. The zero-order valence-electron chi connectivity index (χ0n) is 7.73. The van der Waals surface area contributed by atoms with Gasteiger partial charge in [-0.1, -0.05) is 12.1 Å². The predicted octanol–water partition coefficient (Wildman–Crippen LogP) is 1.34. The van der Waals surface area contributed by atoms with E-state index in [1.807, 2.05) is 0 Å². The van der Waals surface area contributed by atoms with E-state index < -0.39 is 5.97 Å². The smallest absolute Gasteiger partial charge is 0.371 e. The van der Waals surface area contributed by atoms with Gasteiger partial charge in [-0.25, -0.2) is 4.79 Å². The van der Waals surface area contributed by atoms with Crippen LogP contribution in [-0.4, -0.2) is 18.2 Å². The first-order valence-electron chi connectivity index (χ1n) is 3.98. The van der Waals surface area contributed by atoms with Crippen molar-refractivity contribution in [2.24, 2.45) is 0 Å². The summed E-state index contributed by atoms with van der Waals surface area (Å²) in [6.45, 7) is 0. The minimum Gasteiger partial charge on any atom is -0.490 e. The third-order valence-corrected chi connectivity index (χ3v) is 1.66. The number of nitrogens with two attached hydrogens (primary N) is 1. The Morgan fingerprint density at radius 1 is 1.43 bits per heavy atom. The number of hydrogen-bond donors (Lipinski definition) is 2. The largest absolute Gasteiger partial charge is 0.490 e. The Balaban J connectivity index is 2.95. The fourth-order valence-electron chi connectivity index (χ4n) is 0.952. The average molecular weight is 193 g/mol. The molecule has 0 spiro atoms. The van der Waals surface area contributed by atoms with Crippen LogP contribution in [0.1, 0.15) is 5.56 Å². The maximum atomic E-state index is 10.6. The van der Waals surface area contributed by atoms with Crippen LogP contribution >= 0.6 is 0 Å². The summed E-state index contributed by atoms with van der Waals surface area (Å²) < 4.78 is 4.68. The summed E-state index contributed by atoms with van der Waals surface area (Å²) in [5.74, 6) is -1.20. The molecule has 0 saturated carbocycles. The summed E-state index contributed by atoms with van der Waals surface area (Å²) in [4.78, 5) is 10.6. The molecule has 0 amide bonds. The molecule has 0 aliphatic carbocycles. The van der Waals surface area contributed by atoms with Gasteiger partial charge in [0, 0.05) is 5.69 Å². The third-order valence-electron chi connectivity index (χ3n) is 1.66. The molecule has 0 atom stereocenters. The van der Waals surface area contributed by atoms with Crippen LogP contribution in [0, 0.1) is 0 Å². The molecule has 0 aromatic heterocycles. The van der Waals surface area contributed by atoms with E-state index in [4.69, 9.17) is 10.8 Å². The van der Waals surface area contributed by atoms with E-state index in [1.54, 1.807) is 24.3 Å². The van der Waals surface area contributed by atoms with Crippen LogP contribution in [0.4, 0.5) is 5.69 Å². The highest BCUT2D eigenvalue weighted by Gasteiger charge is 2.05. The van der Waals surface area contributed by atoms with Crippen molar-refractivity contribution in [3.63, 3.8) is 0 Å². The standard InChI is InChI=1S/C10H11NO3/c1-14-9(10(12)13)6-7-2-4-8(11)5-3-7/h2-6H,11H2,1H3,(H,12,13). The van der Waals surface area contributed by atoms with Crippen molar-refractivity contribution in [2.75, 3.05) is 12.8 Å². The second-order valence-electron chi connectivity index (χ2n) is 2.68. The number of aliphatic carboxylic acids is 1. The molecular formula is C10H11NO3. The third kappa shape index (κ3) is 2.52. The first kappa shape index (κ1) is 10.1. The van der Waals surface area contributed by atoms with Gasteiger partial charge in [0.15, 0.2) is 0 Å². The topological polar surface area (TPSA) is 72.5 Å². The molecular weight excluding hydrogens is 182 g/mol. The van der Waals surface area contributed by atoms with Crippen molar-refractivity contribution in [3.8, 4) is 0 Å². The predicted molar refractivity (Wildman–Crippen MR) is 53.5 cm³/mol. The molecule has 0 aliphatic rings. The number of anilines is 1. The van der Waals surface area contributed by atoms with Gasteiger partial charge in [0.1, 0.15) is 0 Å². The highest BCUT2D eigenvalue weighted by molar-refractivity contribution is 5.89. The van der Waals surface area contributed by atoms with Crippen molar-refractivity contribution in [2.45, 2.75) is 0 Å². The number of rotatable bonds is 3. The van der Waals surface area contributed by atoms with Gasteiger partial charge < -0.3 is 15.6 Å². The van der Waals surface area contributed by atoms with Crippen molar-refractivity contribution < 1.29 is 14.6 Å². The lowest BCUT2D eigenvalue weighted by Crippen LogP contribution is -2.01. The van der Waals surface area contributed by atoms with E-state index in [2.05, 4.69) is 4.74 Å². The van der Waals surface area contributed by atoms with Crippen molar-refractivity contribution in [1.29, 1.82) is 0 Å². The highest BCUT2D eigenvalue weighted by atomic mass is 16.5. The van der Waals surface area contributed by atoms with E-state index in [0.29, 0.717) is 5.69 Å². The van der Waals surface area contributed by atoms with Gasteiger partial charge in [0.2, 0.25) is 5.76 Å². The van der Waals surface area contributed by atoms with Gasteiger partial charge in [-0.05, 0) is 23.8 Å². The molecule has 4 heteroatoms. The van der Waals surface area contributed by atoms with Gasteiger partial charge in [-0.15, -0.1) is 0 Å². The first-order chi connectivity index (χ1) is 6.63. The van der Waals surface area contributed by atoms with E-state index in [-0.39, 0.29) is 5.76 Å². The molecule has 3 N–H and O–H groups in total. The molecule has 0 saturated heterocycles. The quantitative estimate of drug-likeness (QED) is 0.431. The van der Waals surface area contributed by atoms with Gasteiger partial charge in [0.05, 0.1) is 7.11 Å². The summed E-state index contributed by atoms with van der Waals surface area (Å²) >= 11 is 0. The minimum absolute atomic E-state index is 0.102. The van der Waals surface area contributed by atoms with E-state index in [1.165, 1.54) is 13.2 Å². The Morgan fingerprint density at radius 3 is 2.43 bits per heavy atom. The summed E-state index contributed by atoms with van der Waals surface area (Å²) in [6, 6.07) is 6.83. The number of ether oxygens (including phenoxy) is 1. The molecule has 4 nitrogen and oxygen atoms in total. The Kier molecular flexibility index (Phi) is 3.12. The summed E-state index contributed by atoms with van der Waals surface area (Å²) in [6.07, 6.45) is 1.43. The van der Waals surface area contributed by atoms with Gasteiger partial charge in [-0.2, -0.15) is 0 Å². The SMILES string of the molecule is COC(=Cc1ccc(N)cc1)C(=O)O. The number of methoxy groups -OCH3 is 1. The van der Waals surface area contributed by atoms with Crippen LogP contribution in [0.5, 0.6) is 0 Å². The minimum atomic E-state index is -1.09. The van der Waals surface area contributed by atoms with Crippen molar-refractivity contribution in [1.82, 2.24) is 0 Å². The Labute approximate surface area is 81.6 Å². The van der Waals surface area contributed by atoms with Crippen LogP contribution in [0.15, 0.2) is 30.0 Å². The number of nitrogen functional groups attached to an aromatic ring is 1. The maximum Gasteiger partial charge on any atom is 0.371 e. The number of carbonyl (C=O) groups is 1. The molecule has 14 heavy (non-hydrogen) atoms. The van der Waals surface area contributed by atoms with Crippen molar-refractivity contribution >= 4 is 17.7 Å². The number of hydrogen-bond acceptors (Lipinski definition) is 3. The van der Waals surface area contributed by atoms with Gasteiger partial charge in [0.25, 0.3) is 0 Å². The summed E-state index contributed by atoms with van der Waals surface area (Å²) in [7, 11) is 1.32. The molecule has 1 aromatic rings. The Bertz CT molecular complexity index is 354. The molecule has 0 bridgehead atoms. The fraction of sp³-hybridized carbons (Fsp3) is 0.100. The molecule has 1 rings (SSSR count). The number of benzene rings is 1. The average Bonchev–Trinajstić information content (AvgIpc) is 2.16. The van der Waals surface area contributed by atoms with E-state index in [9.17, 15) is 4.79 Å². The summed E-state index contributed by atoms with van der Waals surface area (Å²) in [5, 5.41) is 8.67. The zero-order valence-corrected chi connectivity index (χ0v) is 7.73. The number of carboxylic acid groups (broad SMARTS) is 1. The second-order valence-corrected chi connectivity index (χ2v) is 2.68. The van der Waals surface area contributed by atoms with Crippen LogP contribution in [0.3, 0.4) is 0 Å². The van der Waals surface area contributed by atoms with Gasteiger partial charge >= 0.3 is 5.97 Å². The molecule has 0 unspecified atom stereocenters. The molecule has 74 valence electrons. The van der Waals surface area contributed by atoms with Crippen LogP contribution in [-0.2, 0) is 9.53 Å². The first-order valence-corrected chi connectivity index (χ1v) is 3.98. The monoisotopic (exact) mass is 193 g/mol. The lowest BCUT2D eigenvalue weighted by Gasteiger charge is -2.00. The summed E-state index contributed by atoms with van der Waals surface area (Å²) in [5.41, 5.74) is 6.85. The number of carboxylic acids is 1. The molecule has 0 fully saturated rings. The normalized spacial score (nSPS) is 11.1. The maximum absolute atomic E-state index is 10.6. The van der Waals surface area contributed by atoms with Crippen LogP contribution in [0.25, 0.3) is 6.08 Å². The van der Waals surface area contributed by atoms with Crippen LogP contribution < -0.4 is 5.73 Å².